The fourth-order valence-electron chi connectivity index (χ4n) is 4.77. The summed E-state index contributed by atoms with van der Waals surface area (Å²) in [5, 5.41) is 5.27. The van der Waals surface area contributed by atoms with Gasteiger partial charge in [-0.3, -0.25) is 4.90 Å². The van der Waals surface area contributed by atoms with Crippen LogP contribution in [0, 0.1) is 0 Å². The van der Waals surface area contributed by atoms with Crippen molar-refractivity contribution in [3.8, 4) is 5.75 Å². The molecule has 5 rings (SSSR count). The molecule has 2 aromatic carbocycles. The fourth-order valence-corrected chi connectivity index (χ4v) is 5.21. The van der Waals surface area contributed by atoms with Crippen molar-refractivity contribution in [1.29, 1.82) is 0 Å². The van der Waals surface area contributed by atoms with Crippen LogP contribution >= 0.6 is 11.8 Å². The van der Waals surface area contributed by atoms with Gasteiger partial charge in [-0.1, -0.05) is 18.2 Å². The van der Waals surface area contributed by atoms with Crippen LogP contribution in [0.5, 0.6) is 5.75 Å². The summed E-state index contributed by atoms with van der Waals surface area (Å²) < 4.78 is 5.91. The Morgan fingerprint density at radius 1 is 1.18 bits per heavy atom. The number of H-pyrrole nitrogens is 1. The van der Waals surface area contributed by atoms with Gasteiger partial charge in [0.2, 0.25) is 0 Å². The Kier molecular flexibility index (Phi) is 4.83. The molecule has 1 atom stereocenters. The lowest BCUT2D eigenvalue weighted by atomic mass is 9.86. The second-order valence-corrected chi connectivity index (χ2v) is 8.72. The predicted octanol–water partition coefficient (Wildman–Crippen LogP) is 4.02. The predicted molar refractivity (Wildman–Crippen MR) is 116 cm³/mol. The SMILES string of the molecule is CSc1ccc2[nH]c3c(c2c1)CCNC31CCN(CCOc2ccccc2)C1. The highest BCUT2D eigenvalue weighted by Crippen LogP contribution is 2.40. The van der Waals surface area contributed by atoms with Crippen LogP contribution in [0.2, 0.25) is 0 Å². The van der Waals surface area contributed by atoms with Crippen LogP contribution in [-0.4, -0.2) is 48.9 Å². The Bertz CT molecular complexity index is 971. The Morgan fingerprint density at radius 3 is 2.93 bits per heavy atom. The van der Waals surface area contributed by atoms with E-state index in [1.807, 2.05) is 42.1 Å². The highest BCUT2D eigenvalue weighted by molar-refractivity contribution is 7.98. The van der Waals surface area contributed by atoms with Crippen molar-refractivity contribution in [2.24, 2.45) is 0 Å². The van der Waals surface area contributed by atoms with Crippen LogP contribution < -0.4 is 10.1 Å². The largest absolute Gasteiger partial charge is 0.492 e. The molecule has 28 heavy (non-hydrogen) atoms. The van der Waals surface area contributed by atoms with Gasteiger partial charge in [-0.15, -0.1) is 11.8 Å². The van der Waals surface area contributed by atoms with Gasteiger partial charge in [-0.2, -0.15) is 0 Å². The summed E-state index contributed by atoms with van der Waals surface area (Å²) in [4.78, 5) is 7.65. The first kappa shape index (κ1) is 18.1. The normalized spacial score (nSPS) is 22.0. The molecule has 146 valence electrons. The zero-order chi connectivity index (χ0) is 19.0. The standard InChI is InChI=1S/C23H27N3OS/c1-28-18-7-8-21-20(15-18)19-9-11-24-23(22(19)25-21)10-12-26(16-23)13-14-27-17-5-3-2-4-6-17/h2-8,15,24-25H,9-14,16H2,1H3. The third-order valence-electron chi connectivity index (χ3n) is 6.20. The van der Waals surface area contributed by atoms with Crippen molar-refractivity contribution in [3.63, 3.8) is 0 Å². The molecule has 3 aromatic rings. The molecule has 0 aliphatic carbocycles. The first-order chi connectivity index (χ1) is 13.8. The maximum atomic E-state index is 5.91. The number of hydrogen-bond donors (Lipinski definition) is 2. The Morgan fingerprint density at radius 2 is 2.07 bits per heavy atom. The number of aromatic nitrogens is 1. The van der Waals surface area contributed by atoms with Gasteiger partial charge in [0.05, 0.1) is 5.54 Å². The van der Waals surface area contributed by atoms with E-state index < -0.39 is 0 Å². The van der Waals surface area contributed by atoms with E-state index in [1.165, 1.54) is 27.1 Å². The van der Waals surface area contributed by atoms with Gasteiger partial charge in [-0.25, -0.2) is 0 Å². The smallest absolute Gasteiger partial charge is 0.119 e. The average Bonchev–Trinajstić information content (AvgIpc) is 3.31. The van der Waals surface area contributed by atoms with E-state index in [0.717, 1.165) is 51.4 Å². The molecule has 1 spiro atoms. The number of para-hydroxylation sites is 1. The van der Waals surface area contributed by atoms with Gasteiger partial charge >= 0.3 is 0 Å². The summed E-state index contributed by atoms with van der Waals surface area (Å²) in [5.41, 5.74) is 4.26. The topological polar surface area (TPSA) is 40.3 Å². The van der Waals surface area contributed by atoms with Crippen molar-refractivity contribution < 1.29 is 4.74 Å². The summed E-state index contributed by atoms with van der Waals surface area (Å²) in [7, 11) is 0. The molecule has 3 heterocycles. The molecule has 1 fully saturated rings. The van der Waals surface area contributed by atoms with E-state index in [0.29, 0.717) is 0 Å². The zero-order valence-corrected chi connectivity index (χ0v) is 17.1. The highest BCUT2D eigenvalue weighted by atomic mass is 32.2. The van der Waals surface area contributed by atoms with Gasteiger partial charge in [0, 0.05) is 47.7 Å². The molecule has 5 heteroatoms. The quantitative estimate of drug-likeness (QED) is 0.643. The molecular formula is C23H27N3OS. The van der Waals surface area contributed by atoms with Crippen LogP contribution in [-0.2, 0) is 12.0 Å². The molecular weight excluding hydrogens is 366 g/mol. The number of likely N-dealkylation sites (tertiary alicyclic amines) is 1. The number of rotatable bonds is 5. The highest BCUT2D eigenvalue weighted by Gasteiger charge is 2.43. The van der Waals surface area contributed by atoms with Gasteiger partial charge < -0.3 is 15.0 Å². The van der Waals surface area contributed by atoms with E-state index in [2.05, 4.69) is 39.7 Å². The lowest BCUT2D eigenvalue weighted by Crippen LogP contribution is -2.49. The zero-order valence-electron chi connectivity index (χ0n) is 16.3. The Hall–Kier alpha value is -1.95. The second kappa shape index (κ2) is 7.47. The number of fused-ring (bicyclic) bond motifs is 4. The van der Waals surface area contributed by atoms with Gasteiger partial charge in [0.25, 0.3) is 0 Å². The Balaban J connectivity index is 1.33. The average molecular weight is 394 g/mol. The van der Waals surface area contributed by atoms with Crippen LogP contribution in [0.4, 0.5) is 0 Å². The molecule has 0 radical (unpaired) electrons. The number of nitrogens with zero attached hydrogens (tertiary/aromatic N) is 1. The molecule has 2 N–H and O–H groups in total. The minimum atomic E-state index is 0.0544. The monoisotopic (exact) mass is 393 g/mol. The third kappa shape index (κ3) is 3.21. The summed E-state index contributed by atoms with van der Waals surface area (Å²) in [5.74, 6) is 0.953. The first-order valence-corrected chi connectivity index (χ1v) is 11.3. The summed E-state index contributed by atoms with van der Waals surface area (Å²) in [6.45, 7) is 4.90. The van der Waals surface area contributed by atoms with Crippen LogP contribution in [0.3, 0.4) is 0 Å². The first-order valence-electron chi connectivity index (χ1n) is 10.1. The molecule has 4 nitrogen and oxygen atoms in total. The summed E-state index contributed by atoms with van der Waals surface area (Å²) >= 11 is 1.82. The lowest BCUT2D eigenvalue weighted by Gasteiger charge is -2.35. The number of benzene rings is 2. The van der Waals surface area contributed by atoms with Crippen LogP contribution in [0.25, 0.3) is 10.9 Å². The molecule has 0 saturated carbocycles. The van der Waals surface area contributed by atoms with Crippen molar-refractivity contribution in [2.75, 3.05) is 39.0 Å². The molecule has 2 aliphatic heterocycles. The van der Waals surface area contributed by atoms with E-state index >= 15 is 0 Å². The Labute approximate surface area is 170 Å². The molecule has 1 aromatic heterocycles. The maximum absolute atomic E-state index is 5.91. The van der Waals surface area contributed by atoms with E-state index in [9.17, 15) is 0 Å². The number of nitrogens with one attached hydrogen (secondary N) is 2. The second-order valence-electron chi connectivity index (χ2n) is 7.84. The number of hydrogen-bond acceptors (Lipinski definition) is 4. The lowest BCUT2D eigenvalue weighted by molar-refractivity contribution is 0.218. The van der Waals surface area contributed by atoms with E-state index in [4.69, 9.17) is 4.74 Å². The van der Waals surface area contributed by atoms with Gasteiger partial charge in [0.1, 0.15) is 12.4 Å². The molecule has 2 aliphatic rings. The van der Waals surface area contributed by atoms with E-state index in [1.54, 1.807) is 0 Å². The fraction of sp³-hybridized carbons (Fsp3) is 0.391. The van der Waals surface area contributed by atoms with Gasteiger partial charge in [-0.05, 0) is 55.0 Å². The van der Waals surface area contributed by atoms with Gasteiger partial charge in [0.15, 0.2) is 0 Å². The third-order valence-corrected chi connectivity index (χ3v) is 6.92. The molecule has 1 unspecified atom stereocenters. The van der Waals surface area contributed by atoms with E-state index in [-0.39, 0.29) is 5.54 Å². The van der Waals surface area contributed by atoms with Crippen molar-refractivity contribution in [3.05, 3.63) is 59.8 Å². The summed E-state index contributed by atoms with van der Waals surface area (Å²) in [6.07, 6.45) is 4.40. The molecule has 0 bridgehead atoms. The number of aromatic amines is 1. The minimum Gasteiger partial charge on any atom is -0.492 e. The van der Waals surface area contributed by atoms with Crippen molar-refractivity contribution in [2.45, 2.75) is 23.3 Å². The molecule has 0 amide bonds. The van der Waals surface area contributed by atoms with Crippen molar-refractivity contribution in [1.82, 2.24) is 15.2 Å². The number of thioether (sulfide) groups is 1. The maximum Gasteiger partial charge on any atom is 0.119 e. The number of ether oxygens (including phenoxy) is 1. The minimum absolute atomic E-state index is 0.0544. The van der Waals surface area contributed by atoms with Crippen LogP contribution in [0.15, 0.2) is 53.4 Å². The van der Waals surface area contributed by atoms with Crippen molar-refractivity contribution >= 4 is 22.7 Å². The summed E-state index contributed by atoms with van der Waals surface area (Å²) in [6, 6.07) is 16.9. The van der Waals surface area contributed by atoms with Crippen LogP contribution in [0.1, 0.15) is 17.7 Å². The molecule has 1 saturated heterocycles.